The van der Waals surface area contributed by atoms with Gasteiger partial charge in [-0.05, 0) is 6.42 Å². The molecular formula is C13H16N2O3. The molecule has 0 saturated carbocycles. The molecule has 5 heteroatoms. The lowest BCUT2D eigenvalue weighted by Crippen LogP contribution is -2.45. The van der Waals surface area contributed by atoms with Crippen molar-refractivity contribution in [1.29, 1.82) is 0 Å². The van der Waals surface area contributed by atoms with Gasteiger partial charge in [0, 0.05) is 43.9 Å². The highest BCUT2D eigenvalue weighted by Gasteiger charge is 2.29. The normalized spacial score (nSPS) is 19.9. The van der Waals surface area contributed by atoms with Crippen LogP contribution < -0.4 is 5.43 Å². The Morgan fingerprint density at radius 1 is 1.50 bits per heavy atom. The second-order valence-corrected chi connectivity index (χ2v) is 4.49. The van der Waals surface area contributed by atoms with Crippen LogP contribution in [0.4, 0.5) is 0 Å². The molecule has 1 atom stereocenters. The van der Waals surface area contributed by atoms with Gasteiger partial charge in [-0.2, -0.15) is 0 Å². The van der Waals surface area contributed by atoms with Crippen LogP contribution >= 0.6 is 0 Å². The molecule has 1 fully saturated rings. The van der Waals surface area contributed by atoms with Crippen molar-refractivity contribution in [2.24, 2.45) is 5.92 Å². The van der Waals surface area contributed by atoms with E-state index < -0.39 is 0 Å². The Morgan fingerprint density at radius 3 is 2.94 bits per heavy atom. The summed E-state index contributed by atoms with van der Waals surface area (Å²) < 4.78 is 0. The van der Waals surface area contributed by atoms with Gasteiger partial charge >= 0.3 is 0 Å². The number of H-pyrrole nitrogens is 1. The number of likely N-dealkylation sites (tertiary alicyclic amines) is 1. The summed E-state index contributed by atoms with van der Waals surface area (Å²) in [6, 6.07) is 1.33. The maximum Gasteiger partial charge on any atom is 0.259 e. The number of carbonyl (C=O) groups is 2. The van der Waals surface area contributed by atoms with Crippen LogP contribution in [-0.2, 0) is 4.79 Å². The number of carbonyl (C=O) groups excluding carboxylic acids is 2. The van der Waals surface area contributed by atoms with E-state index in [1.807, 2.05) is 6.92 Å². The van der Waals surface area contributed by atoms with E-state index in [2.05, 4.69) is 4.98 Å². The third-order valence-corrected chi connectivity index (χ3v) is 3.36. The molecule has 96 valence electrons. The maximum absolute atomic E-state index is 12.2. The molecule has 0 radical (unpaired) electrons. The Labute approximate surface area is 105 Å². The number of amides is 1. The Balaban J connectivity index is 2.18. The fourth-order valence-electron chi connectivity index (χ4n) is 2.20. The Hall–Kier alpha value is -1.91. The van der Waals surface area contributed by atoms with Crippen LogP contribution in [0.3, 0.4) is 0 Å². The first-order valence-corrected chi connectivity index (χ1v) is 6.12. The monoisotopic (exact) mass is 248 g/mol. The van der Waals surface area contributed by atoms with E-state index in [9.17, 15) is 14.4 Å². The smallest absolute Gasteiger partial charge is 0.259 e. The molecule has 2 rings (SSSR count). The fourth-order valence-corrected chi connectivity index (χ4v) is 2.20. The van der Waals surface area contributed by atoms with Gasteiger partial charge in [0.15, 0.2) is 5.43 Å². The number of aromatic amines is 1. The van der Waals surface area contributed by atoms with Crippen molar-refractivity contribution in [3.8, 4) is 0 Å². The average molecular weight is 248 g/mol. The lowest BCUT2D eigenvalue weighted by molar-refractivity contribution is -0.125. The Kier molecular flexibility index (Phi) is 3.60. The summed E-state index contributed by atoms with van der Waals surface area (Å²) in [5.41, 5.74) is -0.148. The van der Waals surface area contributed by atoms with E-state index in [1.54, 1.807) is 4.90 Å². The van der Waals surface area contributed by atoms with Gasteiger partial charge in [0.25, 0.3) is 5.91 Å². The number of hydrogen-bond acceptors (Lipinski definition) is 3. The highest BCUT2D eigenvalue weighted by molar-refractivity contribution is 5.95. The summed E-state index contributed by atoms with van der Waals surface area (Å²) in [4.78, 5) is 39.7. The molecule has 0 aromatic carbocycles. The number of aromatic nitrogens is 1. The molecule has 18 heavy (non-hydrogen) atoms. The molecule has 1 aliphatic rings. The summed E-state index contributed by atoms with van der Waals surface area (Å²) in [7, 11) is 0. The van der Waals surface area contributed by atoms with Gasteiger partial charge in [-0.25, -0.2) is 0 Å². The number of Topliss-reactive ketones (excluding diaryl/α,β-unsaturated/α-hetero) is 1. The molecule has 1 saturated heterocycles. The molecule has 5 nitrogen and oxygen atoms in total. The third kappa shape index (κ3) is 2.34. The molecule has 1 amide bonds. The minimum Gasteiger partial charge on any atom is -0.367 e. The lowest BCUT2D eigenvalue weighted by atomic mass is 9.94. The first kappa shape index (κ1) is 12.5. The molecule has 1 unspecified atom stereocenters. The Morgan fingerprint density at radius 2 is 2.28 bits per heavy atom. The fraction of sp³-hybridized carbons (Fsp3) is 0.462. The van der Waals surface area contributed by atoms with Gasteiger partial charge in [0.05, 0.1) is 0 Å². The van der Waals surface area contributed by atoms with Gasteiger partial charge in [0.2, 0.25) is 0 Å². The van der Waals surface area contributed by atoms with E-state index >= 15 is 0 Å². The number of hydrogen-bond donors (Lipinski definition) is 1. The summed E-state index contributed by atoms with van der Waals surface area (Å²) in [6.07, 6.45) is 4.03. The largest absolute Gasteiger partial charge is 0.367 e. The van der Waals surface area contributed by atoms with Crippen LogP contribution in [0.15, 0.2) is 23.3 Å². The van der Waals surface area contributed by atoms with Crippen molar-refractivity contribution in [2.75, 3.05) is 13.1 Å². The minimum absolute atomic E-state index is 0.0921. The van der Waals surface area contributed by atoms with Gasteiger partial charge in [-0.3, -0.25) is 14.4 Å². The predicted octanol–water partition coefficient (Wildman–Crippen LogP) is 0.816. The number of pyridine rings is 1. The molecule has 0 aliphatic carbocycles. The molecule has 2 heterocycles. The van der Waals surface area contributed by atoms with Crippen molar-refractivity contribution in [3.05, 3.63) is 34.2 Å². The maximum atomic E-state index is 12.2. The second kappa shape index (κ2) is 5.16. The van der Waals surface area contributed by atoms with Gasteiger partial charge < -0.3 is 9.88 Å². The van der Waals surface area contributed by atoms with Crippen molar-refractivity contribution in [1.82, 2.24) is 9.88 Å². The summed E-state index contributed by atoms with van der Waals surface area (Å²) in [6.45, 7) is 2.76. The van der Waals surface area contributed by atoms with Crippen molar-refractivity contribution in [2.45, 2.75) is 19.8 Å². The highest BCUT2D eigenvalue weighted by Crippen LogP contribution is 2.17. The zero-order valence-electron chi connectivity index (χ0n) is 10.3. The van der Waals surface area contributed by atoms with Crippen molar-refractivity contribution < 1.29 is 9.59 Å². The van der Waals surface area contributed by atoms with Crippen LogP contribution in [0.5, 0.6) is 0 Å². The molecule has 1 N–H and O–H groups in total. The number of ketones is 1. The first-order chi connectivity index (χ1) is 8.63. The molecular weight excluding hydrogens is 232 g/mol. The number of piperidine rings is 1. The second-order valence-electron chi connectivity index (χ2n) is 4.49. The Bertz CT molecular complexity index is 521. The predicted molar refractivity (Wildman–Crippen MR) is 66.4 cm³/mol. The van der Waals surface area contributed by atoms with Crippen LogP contribution in [0.1, 0.15) is 30.1 Å². The third-order valence-electron chi connectivity index (χ3n) is 3.36. The van der Waals surface area contributed by atoms with Crippen LogP contribution in [0, 0.1) is 5.92 Å². The molecule has 1 aromatic heterocycles. The minimum atomic E-state index is -0.289. The molecule has 1 aromatic rings. The SMILES string of the molecule is CCC1CN(C(=O)c2c[nH]ccc2=O)CCC1=O. The van der Waals surface area contributed by atoms with Crippen LogP contribution in [-0.4, -0.2) is 34.7 Å². The van der Waals surface area contributed by atoms with Crippen molar-refractivity contribution in [3.63, 3.8) is 0 Å². The zero-order chi connectivity index (χ0) is 13.1. The van der Waals surface area contributed by atoms with Gasteiger partial charge in [0.1, 0.15) is 11.3 Å². The molecule has 0 spiro atoms. The van der Waals surface area contributed by atoms with E-state index in [0.29, 0.717) is 19.5 Å². The summed E-state index contributed by atoms with van der Waals surface area (Å²) in [5.74, 6) is -0.170. The summed E-state index contributed by atoms with van der Waals surface area (Å²) in [5, 5.41) is 0. The van der Waals surface area contributed by atoms with E-state index in [0.717, 1.165) is 6.42 Å². The zero-order valence-corrected chi connectivity index (χ0v) is 10.3. The quantitative estimate of drug-likeness (QED) is 0.842. The van der Waals surface area contributed by atoms with Gasteiger partial charge in [-0.15, -0.1) is 0 Å². The molecule has 1 aliphatic heterocycles. The standard InChI is InChI=1S/C13H16N2O3/c1-2-9-8-15(6-4-11(9)16)13(18)10-7-14-5-3-12(10)17/h3,5,7,9H,2,4,6,8H2,1H3,(H,14,17). The highest BCUT2D eigenvalue weighted by atomic mass is 16.2. The van der Waals surface area contributed by atoms with Gasteiger partial charge in [-0.1, -0.05) is 6.92 Å². The summed E-state index contributed by atoms with van der Waals surface area (Å²) >= 11 is 0. The van der Waals surface area contributed by atoms with Crippen LogP contribution in [0.2, 0.25) is 0 Å². The van der Waals surface area contributed by atoms with E-state index in [-0.39, 0.29) is 28.6 Å². The van der Waals surface area contributed by atoms with E-state index in [1.165, 1.54) is 18.5 Å². The van der Waals surface area contributed by atoms with Crippen molar-refractivity contribution >= 4 is 11.7 Å². The number of nitrogens with one attached hydrogen (secondary N) is 1. The lowest BCUT2D eigenvalue weighted by Gasteiger charge is -2.31. The van der Waals surface area contributed by atoms with Crippen LogP contribution in [0.25, 0.3) is 0 Å². The molecule has 0 bridgehead atoms. The van der Waals surface area contributed by atoms with E-state index in [4.69, 9.17) is 0 Å². The number of nitrogens with zero attached hydrogens (tertiary/aromatic N) is 1. The first-order valence-electron chi connectivity index (χ1n) is 6.12. The topological polar surface area (TPSA) is 70.2 Å². The average Bonchev–Trinajstić information content (AvgIpc) is 2.39. The number of rotatable bonds is 2.